The molecule has 0 N–H and O–H groups in total. The van der Waals surface area contributed by atoms with Crippen molar-refractivity contribution < 1.29 is 14.2 Å². The van der Waals surface area contributed by atoms with Crippen LogP contribution in [0.5, 0.6) is 17.2 Å². The predicted octanol–water partition coefficient (Wildman–Crippen LogP) is 4.23. The number of nitrogens with zero attached hydrogens (tertiary/aromatic N) is 3. The number of benzene rings is 2. The highest BCUT2D eigenvalue weighted by atomic mass is 32.2. The van der Waals surface area contributed by atoms with Crippen LogP contribution in [0, 0.1) is 6.92 Å². The molecule has 6 rings (SSSR count). The van der Waals surface area contributed by atoms with Crippen LogP contribution in [-0.2, 0) is 0 Å². The van der Waals surface area contributed by atoms with Crippen molar-refractivity contribution in [2.75, 3.05) is 31.9 Å². The molecule has 0 amide bonds. The Balaban J connectivity index is 1.52. The number of rotatable bonds is 2. The fraction of sp³-hybridized carbons (Fsp3) is 0.238. The van der Waals surface area contributed by atoms with E-state index in [2.05, 4.69) is 35.0 Å². The Hall–Kier alpha value is -2.93. The molecule has 0 atom stereocenters. The van der Waals surface area contributed by atoms with E-state index in [1.807, 2.05) is 12.1 Å². The van der Waals surface area contributed by atoms with Gasteiger partial charge < -0.3 is 19.1 Å². The maximum atomic E-state index is 5.58. The third-order valence-corrected chi connectivity index (χ3v) is 6.42. The monoisotopic (exact) mass is 391 g/mol. The maximum absolute atomic E-state index is 5.58. The van der Waals surface area contributed by atoms with Crippen LogP contribution in [0.3, 0.4) is 0 Å². The highest BCUT2D eigenvalue weighted by Gasteiger charge is 2.30. The summed E-state index contributed by atoms with van der Waals surface area (Å²) >= 11 is 1.75. The molecular weight excluding hydrogens is 374 g/mol. The van der Waals surface area contributed by atoms with Crippen molar-refractivity contribution in [3.05, 3.63) is 35.9 Å². The molecule has 6 nitrogen and oxygen atoms in total. The van der Waals surface area contributed by atoms with Crippen molar-refractivity contribution in [3.8, 4) is 28.5 Å². The second-order valence-corrected chi connectivity index (χ2v) is 8.00. The second kappa shape index (κ2) is 5.78. The van der Waals surface area contributed by atoms with E-state index in [0.717, 1.165) is 35.0 Å². The topological polar surface area (TPSA) is 56.2 Å². The van der Waals surface area contributed by atoms with Gasteiger partial charge in [0.2, 0.25) is 12.5 Å². The third kappa shape index (κ3) is 2.22. The van der Waals surface area contributed by atoms with Crippen LogP contribution in [0.4, 0.5) is 5.69 Å². The van der Waals surface area contributed by atoms with Gasteiger partial charge in [-0.25, -0.2) is 4.98 Å². The third-order valence-electron chi connectivity index (χ3n) is 5.34. The summed E-state index contributed by atoms with van der Waals surface area (Å²) in [6.45, 7) is 4.15. The van der Waals surface area contributed by atoms with Crippen molar-refractivity contribution in [1.29, 1.82) is 0 Å². The first kappa shape index (κ1) is 16.1. The molecule has 0 aliphatic carbocycles. The number of aryl methyl sites for hydroxylation is 1. The Kier molecular flexibility index (Phi) is 3.32. The smallest absolute Gasteiger partial charge is 0.231 e. The lowest BCUT2D eigenvalue weighted by Crippen LogP contribution is -2.20. The first-order valence-corrected chi connectivity index (χ1v) is 9.96. The van der Waals surface area contributed by atoms with Gasteiger partial charge in [-0.3, -0.25) is 4.99 Å². The van der Waals surface area contributed by atoms with Gasteiger partial charge in [0.05, 0.1) is 30.6 Å². The number of hydrogen-bond acceptors (Lipinski definition) is 7. The summed E-state index contributed by atoms with van der Waals surface area (Å²) in [5.41, 5.74) is 5.22. The number of thioether (sulfide) groups is 1. The highest BCUT2D eigenvalue weighted by Crippen LogP contribution is 2.46. The minimum atomic E-state index is 0.211. The van der Waals surface area contributed by atoms with Crippen LogP contribution in [0.15, 0.2) is 40.2 Å². The Labute approximate surface area is 166 Å². The maximum Gasteiger partial charge on any atom is 0.231 e. The molecule has 0 radical (unpaired) electrons. The van der Waals surface area contributed by atoms with Crippen LogP contribution in [0.25, 0.3) is 22.2 Å². The van der Waals surface area contributed by atoms with Gasteiger partial charge in [0.1, 0.15) is 0 Å². The number of anilines is 1. The zero-order chi connectivity index (χ0) is 18.8. The number of aromatic nitrogens is 1. The van der Waals surface area contributed by atoms with Crippen LogP contribution in [0.1, 0.15) is 5.56 Å². The van der Waals surface area contributed by atoms with Gasteiger partial charge in [-0.2, -0.15) is 0 Å². The summed E-state index contributed by atoms with van der Waals surface area (Å²) in [5, 5.41) is 2.27. The SMILES string of the molecule is COc1cc(-c2cc(C)c3cc4c(cc3n2)N2CCN=C2S4)cc2c1OCO2. The number of methoxy groups -OCH3 is 1. The average molecular weight is 391 g/mol. The van der Waals surface area contributed by atoms with Gasteiger partial charge in [-0.15, -0.1) is 0 Å². The standard InChI is InChI=1S/C21H17N3O3S/c1-11-5-14(12-6-17(25-2)20-18(7-12)26-10-27-20)23-15-9-16-19(8-13(11)15)28-21-22-3-4-24(16)21/h5-9H,3-4,10H2,1-2H3. The molecule has 3 aliphatic heterocycles. The summed E-state index contributed by atoms with van der Waals surface area (Å²) in [4.78, 5) is 13.1. The van der Waals surface area contributed by atoms with E-state index in [4.69, 9.17) is 19.2 Å². The number of ether oxygens (including phenoxy) is 3. The van der Waals surface area contributed by atoms with Gasteiger partial charge >= 0.3 is 0 Å². The van der Waals surface area contributed by atoms with E-state index >= 15 is 0 Å². The summed E-state index contributed by atoms with van der Waals surface area (Å²) < 4.78 is 16.6. The molecule has 0 spiro atoms. The Morgan fingerprint density at radius 1 is 1.14 bits per heavy atom. The number of hydrogen-bond donors (Lipinski definition) is 0. The fourth-order valence-corrected chi connectivity index (χ4v) is 5.07. The van der Waals surface area contributed by atoms with Gasteiger partial charge in [0.15, 0.2) is 16.7 Å². The van der Waals surface area contributed by atoms with Crippen molar-refractivity contribution in [2.45, 2.75) is 11.8 Å². The molecule has 2 aromatic carbocycles. The van der Waals surface area contributed by atoms with E-state index in [-0.39, 0.29) is 6.79 Å². The first-order chi connectivity index (χ1) is 13.7. The van der Waals surface area contributed by atoms with Crippen LogP contribution in [0.2, 0.25) is 0 Å². The molecule has 0 saturated heterocycles. The Bertz CT molecular complexity index is 1190. The Morgan fingerprint density at radius 2 is 2.07 bits per heavy atom. The summed E-state index contributed by atoms with van der Waals surface area (Å²) in [6, 6.07) is 10.5. The largest absolute Gasteiger partial charge is 0.493 e. The van der Waals surface area contributed by atoms with Gasteiger partial charge in [-0.1, -0.05) is 0 Å². The summed E-state index contributed by atoms with van der Waals surface area (Å²) in [6.07, 6.45) is 0. The van der Waals surface area contributed by atoms with E-state index in [1.54, 1.807) is 18.9 Å². The number of aliphatic imine (C=N–C) groups is 1. The quantitative estimate of drug-likeness (QED) is 0.652. The molecule has 3 aliphatic rings. The summed E-state index contributed by atoms with van der Waals surface area (Å²) in [7, 11) is 1.64. The molecule has 28 heavy (non-hydrogen) atoms. The lowest BCUT2D eigenvalue weighted by molar-refractivity contribution is 0.171. The summed E-state index contributed by atoms with van der Waals surface area (Å²) in [5.74, 6) is 2.00. The lowest BCUT2D eigenvalue weighted by atomic mass is 10.0. The fourth-order valence-electron chi connectivity index (χ4n) is 3.96. The van der Waals surface area contributed by atoms with Crippen molar-refractivity contribution in [2.24, 2.45) is 4.99 Å². The molecule has 1 aromatic heterocycles. The van der Waals surface area contributed by atoms with E-state index in [1.165, 1.54) is 21.5 Å². The lowest BCUT2D eigenvalue weighted by Gasteiger charge is -2.14. The number of pyridine rings is 1. The van der Waals surface area contributed by atoms with Gasteiger partial charge in [0.25, 0.3) is 0 Å². The average Bonchev–Trinajstić information content (AvgIpc) is 3.41. The molecule has 7 heteroatoms. The molecule has 140 valence electrons. The van der Waals surface area contributed by atoms with E-state index in [0.29, 0.717) is 17.2 Å². The minimum Gasteiger partial charge on any atom is -0.493 e. The van der Waals surface area contributed by atoms with Crippen molar-refractivity contribution >= 4 is 33.5 Å². The Morgan fingerprint density at radius 3 is 2.96 bits per heavy atom. The predicted molar refractivity (Wildman–Crippen MR) is 110 cm³/mol. The van der Waals surface area contributed by atoms with Crippen molar-refractivity contribution in [1.82, 2.24) is 4.98 Å². The molecular formula is C21H17N3O3S. The number of fused-ring (bicyclic) bond motifs is 5. The first-order valence-electron chi connectivity index (χ1n) is 9.14. The molecule has 0 saturated carbocycles. The molecule has 0 fully saturated rings. The van der Waals surface area contributed by atoms with Crippen LogP contribution in [-0.4, -0.2) is 37.1 Å². The second-order valence-electron chi connectivity index (χ2n) is 6.99. The molecule has 3 aromatic rings. The van der Waals surface area contributed by atoms with E-state index < -0.39 is 0 Å². The number of amidine groups is 1. The van der Waals surface area contributed by atoms with Crippen molar-refractivity contribution in [3.63, 3.8) is 0 Å². The highest BCUT2D eigenvalue weighted by molar-refractivity contribution is 8.14. The molecule has 4 heterocycles. The minimum absolute atomic E-state index is 0.211. The zero-order valence-corrected chi connectivity index (χ0v) is 16.3. The van der Waals surface area contributed by atoms with E-state index in [9.17, 15) is 0 Å². The van der Waals surface area contributed by atoms with Gasteiger partial charge in [0, 0.05) is 22.4 Å². The molecule has 0 bridgehead atoms. The normalized spacial score (nSPS) is 16.4. The van der Waals surface area contributed by atoms with Crippen LogP contribution >= 0.6 is 11.8 Å². The molecule has 0 unspecified atom stereocenters. The van der Waals surface area contributed by atoms with Gasteiger partial charge in [-0.05, 0) is 54.6 Å². The zero-order valence-electron chi connectivity index (χ0n) is 15.5. The van der Waals surface area contributed by atoms with Crippen LogP contribution < -0.4 is 19.1 Å².